The molecule has 88 valence electrons. The molecule has 0 spiro atoms. The van der Waals surface area contributed by atoms with Crippen LogP contribution in [0.25, 0.3) is 0 Å². The van der Waals surface area contributed by atoms with E-state index >= 15 is 0 Å². The lowest BCUT2D eigenvalue weighted by Gasteiger charge is -2.10. The number of nitrogens with one attached hydrogen (secondary N) is 2. The summed E-state index contributed by atoms with van der Waals surface area (Å²) in [5.41, 5.74) is 0.141. The first-order valence-corrected chi connectivity index (χ1v) is 5.94. The van der Waals surface area contributed by atoms with E-state index in [9.17, 15) is 8.78 Å². The van der Waals surface area contributed by atoms with Gasteiger partial charge in [0.1, 0.15) is 11.6 Å². The Hall–Kier alpha value is -0.750. The van der Waals surface area contributed by atoms with Gasteiger partial charge in [-0.05, 0) is 40.6 Å². The molecule has 0 bridgehead atoms. The fourth-order valence-electron chi connectivity index (χ4n) is 1.02. The zero-order valence-corrected chi connectivity index (χ0v) is 11.0. The SMILES string of the molecule is CCCNC(=S)Nc1cc(Br)c(F)cc1F. The van der Waals surface area contributed by atoms with Crippen LogP contribution in [0.3, 0.4) is 0 Å². The minimum Gasteiger partial charge on any atom is -0.362 e. The normalized spacial score (nSPS) is 10.0. The Morgan fingerprint density at radius 2 is 2.06 bits per heavy atom. The monoisotopic (exact) mass is 308 g/mol. The van der Waals surface area contributed by atoms with E-state index in [2.05, 4.69) is 26.6 Å². The van der Waals surface area contributed by atoms with E-state index in [4.69, 9.17) is 12.2 Å². The third kappa shape index (κ3) is 3.68. The lowest BCUT2D eigenvalue weighted by atomic mass is 10.3. The molecule has 0 saturated carbocycles. The van der Waals surface area contributed by atoms with Crippen molar-refractivity contribution in [3.63, 3.8) is 0 Å². The highest BCUT2D eigenvalue weighted by atomic mass is 79.9. The average Bonchev–Trinajstić information content (AvgIpc) is 2.23. The standard InChI is InChI=1S/C10H11BrF2N2S/c1-2-3-14-10(16)15-9-4-6(11)7(12)5-8(9)13/h4-5H,2-3H2,1H3,(H2,14,15,16). The summed E-state index contributed by atoms with van der Waals surface area (Å²) in [6.45, 7) is 2.69. The molecule has 2 N–H and O–H groups in total. The minimum absolute atomic E-state index is 0.141. The van der Waals surface area contributed by atoms with Crippen molar-refractivity contribution in [3.05, 3.63) is 28.2 Å². The molecule has 2 nitrogen and oxygen atoms in total. The maximum Gasteiger partial charge on any atom is 0.170 e. The Bertz CT molecular complexity index is 399. The van der Waals surface area contributed by atoms with Gasteiger partial charge in [-0.3, -0.25) is 0 Å². The van der Waals surface area contributed by atoms with Gasteiger partial charge in [0, 0.05) is 12.6 Å². The highest BCUT2D eigenvalue weighted by Gasteiger charge is 2.08. The largest absolute Gasteiger partial charge is 0.362 e. The first-order chi connectivity index (χ1) is 7.54. The van der Waals surface area contributed by atoms with E-state index in [1.807, 2.05) is 6.92 Å². The van der Waals surface area contributed by atoms with E-state index in [-0.39, 0.29) is 10.2 Å². The molecule has 6 heteroatoms. The van der Waals surface area contributed by atoms with Crippen LogP contribution in [0.15, 0.2) is 16.6 Å². The third-order valence-electron chi connectivity index (χ3n) is 1.79. The van der Waals surface area contributed by atoms with E-state index in [1.165, 1.54) is 6.07 Å². The molecule has 0 aromatic heterocycles. The summed E-state index contributed by atoms with van der Waals surface area (Å²) in [4.78, 5) is 0. The highest BCUT2D eigenvalue weighted by Crippen LogP contribution is 2.23. The quantitative estimate of drug-likeness (QED) is 0.661. The van der Waals surface area contributed by atoms with Gasteiger partial charge in [-0.2, -0.15) is 0 Å². The Morgan fingerprint density at radius 3 is 2.69 bits per heavy atom. The first-order valence-electron chi connectivity index (χ1n) is 4.74. The molecule has 16 heavy (non-hydrogen) atoms. The van der Waals surface area contributed by atoms with Crippen LogP contribution < -0.4 is 10.6 Å². The smallest absolute Gasteiger partial charge is 0.170 e. The first kappa shape index (κ1) is 13.3. The average molecular weight is 309 g/mol. The van der Waals surface area contributed by atoms with Gasteiger partial charge in [-0.15, -0.1) is 0 Å². The minimum atomic E-state index is -0.679. The van der Waals surface area contributed by atoms with E-state index in [1.54, 1.807) is 0 Å². The van der Waals surface area contributed by atoms with Gasteiger partial charge in [0.15, 0.2) is 5.11 Å². The molecule has 1 rings (SSSR count). The van der Waals surface area contributed by atoms with Crippen molar-refractivity contribution >= 4 is 38.9 Å². The van der Waals surface area contributed by atoms with Gasteiger partial charge in [-0.25, -0.2) is 8.78 Å². The van der Waals surface area contributed by atoms with Gasteiger partial charge in [0.05, 0.1) is 10.2 Å². The van der Waals surface area contributed by atoms with Crippen LogP contribution in [0.2, 0.25) is 0 Å². The van der Waals surface area contributed by atoms with Crippen molar-refractivity contribution in [1.29, 1.82) is 0 Å². The van der Waals surface area contributed by atoms with E-state index in [0.717, 1.165) is 12.5 Å². The fourth-order valence-corrected chi connectivity index (χ4v) is 1.58. The van der Waals surface area contributed by atoms with Crippen LogP contribution in [0.1, 0.15) is 13.3 Å². The highest BCUT2D eigenvalue weighted by molar-refractivity contribution is 9.10. The second-order valence-electron chi connectivity index (χ2n) is 3.13. The molecule has 0 saturated heterocycles. The van der Waals surface area contributed by atoms with Crippen molar-refractivity contribution in [2.45, 2.75) is 13.3 Å². The summed E-state index contributed by atoms with van der Waals surface area (Å²) in [6.07, 6.45) is 0.914. The molecule has 1 aromatic carbocycles. The number of hydrogen-bond donors (Lipinski definition) is 2. The number of benzene rings is 1. The lowest BCUT2D eigenvalue weighted by Crippen LogP contribution is -2.29. The summed E-state index contributed by atoms with van der Waals surface area (Å²) < 4.78 is 26.4. The second kappa shape index (κ2) is 6.10. The molecule has 0 aliphatic carbocycles. The van der Waals surface area contributed by atoms with E-state index in [0.29, 0.717) is 11.7 Å². The third-order valence-corrected chi connectivity index (χ3v) is 2.65. The summed E-state index contributed by atoms with van der Waals surface area (Å²) in [6, 6.07) is 2.11. The van der Waals surface area contributed by atoms with Crippen molar-refractivity contribution in [1.82, 2.24) is 5.32 Å². The number of rotatable bonds is 3. The number of thiocarbonyl (C=S) groups is 1. The molecule has 0 radical (unpaired) electrons. The van der Waals surface area contributed by atoms with Crippen LogP contribution in [-0.2, 0) is 0 Å². The van der Waals surface area contributed by atoms with Gasteiger partial charge in [0.2, 0.25) is 0 Å². The van der Waals surface area contributed by atoms with E-state index < -0.39 is 11.6 Å². The zero-order valence-electron chi connectivity index (χ0n) is 8.61. The Morgan fingerprint density at radius 1 is 1.38 bits per heavy atom. The summed E-state index contributed by atoms with van der Waals surface area (Å²) in [5.74, 6) is -1.32. The Balaban J connectivity index is 2.73. The van der Waals surface area contributed by atoms with Gasteiger partial charge < -0.3 is 10.6 Å². The second-order valence-corrected chi connectivity index (χ2v) is 4.39. The van der Waals surface area contributed by atoms with Crippen LogP contribution in [0.5, 0.6) is 0 Å². The summed E-state index contributed by atoms with van der Waals surface area (Å²) in [7, 11) is 0. The van der Waals surface area contributed by atoms with Crippen molar-refractivity contribution in [2.24, 2.45) is 0 Å². The molecule has 0 amide bonds. The Labute approximate surface area is 107 Å². The van der Waals surface area contributed by atoms with Crippen LogP contribution in [0.4, 0.5) is 14.5 Å². The summed E-state index contributed by atoms with van der Waals surface area (Å²) in [5, 5.41) is 5.87. The zero-order chi connectivity index (χ0) is 12.1. The molecule has 0 aliphatic heterocycles. The number of anilines is 1. The lowest BCUT2D eigenvalue weighted by molar-refractivity contribution is 0.581. The van der Waals surface area contributed by atoms with Gasteiger partial charge in [-0.1, -0.05) is 6.92 Å². The summed E-state index contributed by atoms with van der Waals surface area (Å²) >= 11 is 7.92. The molecule has 1 aromatic rings. The fraction of sp³-hybridized carbons (Fsp3) is 0.300. The van der Waals surface area contributed by atoms with Crippen LogP contribution in [0, 0.1) is 11.6 Å². The molecule has 0 unspecified atom stereocenters. The molecular weight excluding hydrogens is 298 g/mol. The number of halogens is 3. The molecule has 0 heterocycles. The van der Waals surface area contributed by atoms with Crippen LogP contribution >= 0.6 is 28.1 Å². The van der Waals surface area contributed by atoms with Crippen molar-refractivity contribution in [2.75, 3.05) is 11.9 Å². The molecular formula is C10H11BrF2N2S. The predicted octanol–water partition coefficient (Wildman–Crippen LogP) is 3.42. The van der Waals surface area contributed by atoms with Gasteiger partial charge in [0.25, 0.3) is 0 Å². The maximum absolute atomic E-state index is 13.3. The van der Waals surface area contributed by atoms with Crippen molar-refractivity contribution in [3.8, 4) is 0 Å². The van der Waals surface area contributed by atoms with Crippen molar-refractivity contribution < 1.29 is 8.78 Å². The molecule has 0 atom stereocenters. The Kier molecular flexibility index (Phi) is 5.08. The number of hydrogen-bond acceptors (Lipinski definition) is 1. The van der Waals surface area contributed by atoms with Gasteiger partial charge >= 0.3 is 0 Å². The maximum atomic E-state index is 13.3. The molecule has 0 fully saturated rings. The van der Waals surface area contributed by atoms with Crippen LogP contribution in [-0.4, -0.2) is 11.7 Å². The topological polar surface area (TPSA) is 24.1 Å². The predicted molar refractivity (Wildman–Crippen MR) is 68.6 cm³/mol. The molecule has 0 aliphatic rings.